The molecule has 0 amide bonds. The van der Waals surface area contributed by atoms with Crippen molar-refractivity contribution in [3.8, 4) is 0 Å². The first-order valence-corrected chi connectivity index (χ1v) is 4.42. The molecule has 0 aliphatic rings. The molecular formula is C10H13N3. The number of nitrogen functional groups attached to an aromatic ring is 1. The van der Waals surface area contributed by atoms with Crippen LogP contribution in [0.4, 0.5) is 5.82 Å². The zero-order valence-corrected chi connectivity index (χ0v) is 7.83. The van der Waals surface area contributed by atoms with Crippen molar-refractivity contribution in [2.75, 3.05) is 5.73 Å². The van der Waals surface area contributed by atoms with Gasteiger partial charge in [-0.1, -0.05) is 26.0 Å². The van der Waals surface area contributed by atoms with Crippen molar-refractivity contribution < 1.29 is 0 Å². The second kappa shape index (κ2) is 2.76. The summed E-state index contributed by atoms with van der Waals surface area (Å²) in [6.07, 6.45) is 0. The lowest BCUT2D eigenvalue weighted by Crippen LogP contribution is -1.91. The summed E-state index contributed by atoms with van der Waals surface area (Å²) in [5.41, 5.74) is 8.04. The van der Waals surface area contributed by atoms with Crippen LogP contribution in [0.5, 0.6) is 0 Å². The van der Waals surface area contributed by atoms with E-state index in [9.17, 15) is 0 Å². The van der Waals surface area contributed by atoms with E-state index in [1.165, 1.54) is 5.56 Å². The van der Waals surface area contributed by atoms with Gasteiger partial charge in [0.05, 0.1) is 5.52 Å². The van der Waals surface area contributed by atoms with Gasteiger partial charge in [0, 0.05) is 5.39 Å². The topological polar surface area (TPSA) is 54.7 Å². The first-order chi connectivity index (χ1) is 6.20. The number of aromatic amines is 1. The van der Waals surface area contributed by atoms with Gasteiger partial charge in [0.2, 0.25) is 0 Å². The Morgan fingerprint density at radius 3 is 2.85 bits per heavy atom. The van der Waals surface area contributed by atoms with Crippen LogP contribution in [-0.2, 0) is 0 Å². The second-order valence-corrected chi connectivity index (χ2v) is 3.53. The summed E-state index contributed by atoms with van der Waals surface area (Å²) in [4.78, 5) is 0. The molecule has 0 fully saturated rings. The maximum absolute atomic E-state index is 5.77. The lowest BCUT2D eigenvalue weighted by molar-refractivity contribution is 0.877. The molecule has 2 aromatic rings. The van der Waals surface area contributed by atoms with Gasteiger partial charge in [-0.2, -0.15) is 5.10 Å². The van der Waals surface area contributed by atoms with Gasteiger partial charge in [0.25, 0.3) is 0 Å². The van der Waals surface area contributed by atoms with Crippen LogP contribution in [0.15, 0.2) is 18.2 Å². The van der Waals surface area contributed by atoms with Crippen molar-refractivity contribution in [1.29, 1.82) is 0 Å². The molecule has 0 saturated carbocycles. The number of hydrogen-bond donors (Lipinski definition) is 2. The van der Waals surface area contributed by atoms with E-state index >= 15 is 0 Å². The number of nitrogens with zero attached hydrogens (tertiary/aromatic N) is 1. The van der Waals surface area contributed by atoms with Crippen LogP contribution in [0, 0.1) is 0 Å². The standard InChI is InChI=1S/C10H13N3/c1-6(2)7-4-3-5-8-9(7)10(11)13-12-8/h3-6H,1-2H3,(H3,11,12,13). The summed E-state index contributed by atoms with van der Waals surface area (Å²) in [5.74, 6) is 1.07. The molecule has 3 N–H and O–H groups in total. The van der Waals surface area contributed by atoms with Crippen molar-refractivity contribution in [2.45, 2.75) is 19.8 Å². The minimum absolute atomic E-state index is 0.476. The molecular weight excluding hydrogens is 162 g/mol. The molecule has 2 rings (SSSR count). The van der Waals surface area contributed by atoms with Crippen molar-refractivity contribution in [3.05, 3.63) is 23.8 Å². The zero-order chi connectivity index (χ0) is 9.42. The Labute approximate surface area is 76.9 Å². The first kappa shape index (κ1) is 8.10. The molecule has 0 aliphatic heterocycles. The molecule has 68 valence electrons. The molecule has 1 heterocycles. The molecule has 1 aromatic carbocycles. The predicted molar refractivity (Wildman–Crippen MR) is 54.6 cm³/mol. The number of rotatable bonds is 1. The Balaban J connectivity index is 2.80. The Hall–Kier alpha value is -1.51. The van der Waals surface area contributed by atoms with Gasteiger partial charge >= 0.3 is 0 Å². The maximum Gasteiger partial charge on any atom is 0.153 e. The van der Waals surface area contributed by atoms with Crippen LogP contribution in [-0.4, -0.2) is 10.2 Å². The van der Waals surface area contributed by atoms with E-state index in [0.717, 1.165) is 10.9 Å². The van der Waals surface area contributed by atoms with Crippen molar-refractivity contribution in [2.24, 2.45) is 0 Å². The van der Waals surface area contributed by atoms with E-state index in [1.807, 2.05) is 12.1 Å². The van der Waals surface area contributed by atoms with Gasteiger partial charge in [0.15, 0.2) is 5.82 Å². The minimum Gasteiger partial charge on any atom is -0.382 e. The zero-order valence-electron chi connectivity index (χ0n) is 7.83. The van der Waals surface area contributed by atoms with Crippen LogP contribution in [0.1, 0.15) is 25.3 Å². The van der Waals surface area contributed by atoms with E-state index in [2.05, 4.69) is 30.1 Å². The molecule has 0 saturated heterocycles. The average molecular weight is 175 g/mol. The number of anilines is 1. The third kappa shape index (κ3) is 1.16. The van der Waals surface area contributed by atoms with E-state index in [4.69, 9.17) is 5.73 Å². The summed E-state index contributed by atoms with van der Waals surface area (Å²) in [5, 5.41) is 7.97. The maximum atomic E-state index is 5.77. The van der Waals surface area contributed by atoms with Crippen LogP contribution < -0.4 is 5.73 Å². The summed E-state index contributed by atoms with van der Waals surface area (Å²) < 4.78 is 0. The van der Waals surface area contributed by atoms with Gasteiger partial charge < -0.3 is 5.73 Å². The quantitative estimate of drug-likeness (QED) is 0.698. The Morgan fingerprint density at radius 2 is 2.15 bits per heavy atom. The molecule has 3 nitrogen and oxygen atoms in total. The normalized spacial score (nSPS) is 11.3. The summed E-state index contributed by atoms with van der Waals surface area (Å²) in [7, 11) is 0. The van der Waals surface area contributed by atoms with Crippen LogP contribution in [0.2, 0.25) is 0 Å². The molecule has 0 spiro atoms. The molecule has 0 radical (unpaired) electrons. The molecule has 1 aromatic heterocycles. The molecule has 0 aliphatic carbocycles. The molecule has 3 heteroatoms. The predicted octanol–water partition coefficient (Wildman–Crippen LogP) is 2.27. The number of H-pyrrole nitrogens is 1. The Kier molecular flexibility index (Phi) is 1.72. The highest BCUT2D eigenvalue weighted by Crippen LogP contribution is 2.27. The Bertz CT molecular complexity index is 429. The second-order valence-electron chi connectivity index (χ2n) is 3.53. The summed E-state index contributed by atoms with van der Waals surface area (Å²) in [6, 6.07) is 6.11. The highest BCUT2D eigenvalue weighted by atomic mass is 15.1. The molecule has 0 unspecified atom stereocenters. The molecule has 0 atom stereocenters. The lowest BCUT2D eigenvalue weighted by atomic mass is 9.99. The van der Waals surface area contributed by atoms with E-state index in [-0.39, 0.29) is 0 Å². The van der Waals surface area contributed by atoms with Crippen LogP contribution >= 0.6 is 0 Å². The fraction of sp³-hybridized carbons (Fsp3) is 0.300. The third-order valence-electron chi connectivity index (χ3n) is 2.27. The number of hydrogen-bond acceptors (Lipinski definition) is 2. The molecule has 13 heavy (non-hydrogen) atoms. The molecule has 0 bridgehead atoms. The van der Waals surface area contributed by atoms with Crippen molar-refractivity contribution in [3.63, 3.8) is 0 Å². The number of nitrogens with two attached hydrogens (primary N) is 1. The van der Waals surface area contributed by atoms with Gasteiger partial charge in [-0.15, -0.1) is 0 Å². The van der Waals surface area contributed by atoms with Gasteiger partial charge in [-0.3, -0.25) is 5.10 Å². The fourth-order valence-electron chi connectivity index (χ4n) is 1.61. The van der Waals surface area contributed by atoms with E-state index in [1.54, 1.807) is 0 Å². The number of benzene rings is 1. The van der Waals surface area contributed by atoms with E-state index < -0.39 is 0 Å². The van der Waals surface area contributed by atoms with Crippen molar-refractivity contribution in [1.82, 2.24) is 10.2 Å². The lowest BCUT2D eigenvalue weighted by Gasteiger charge is -2.06. The summed E-state index contributed by atoms with van der Waals surface area (Å²) in [6.45, 7) is 4.31. The fourth-order valence-corrected chi connectivity index (χ4v) is 1.61. The number of aromatic nitrogens is 2. The number of nitrogens with one attached hydrogen (secondary N) is 1. The smallest absolute Gasteiger partial charge is 0.153 e. The Morgan fingerprint density at radius 1 is 1.38 bits per heavy atom. The monoisotopic (exact) mass is 175 g/mol. The van der Waals surface area contributed by atoms with Gasteiger partial charge in [0.1, 0.15) is 0 Å². The summed E-state index contributed by atoms with van der Waals surface area (Å²) >= 11 is 0. The van der Waals surface area contributed by atoms with Crippen LogP contribution in [0.25, 0.3) is 10.9 Å². The van der Waals surface area contributed by atoms with Gasteiger partial charge in [-0.05, 0) is 17.5 Å². The SMILES string of the molecule is CC(C)c1cccc2[nH]nc(N)c12. The first-order valence-electron chi connectivity index (χ1n) is 4.42. The van der Waals surface area contributed by atoms with Crippen LogP contribution in [0.3, 0.4) is 0 Å². The third-order valence-corrected chi connectivity index (χ3v) is 2.27. The highest BCUT2D eigenvalue weighted by molar-refractivity contribution is 5.92. The van der Waals surface area contributed by atoms with Gasteiger partial charge in [-0.25, -0.2) is 0 Å². The van der Waals surface area contributed by atoms with E-state index in [0.29, 0.717) is 11.7 Å². The van der Waals surface area contributed by atoms with Crippen molar-refractivity contribution >= 4 is 16.7 Å². The largest absolute Gasteiger partial charge is 0.382 e. The number of fused-ring (bicyclic) bond motifs is 1. The minimum atomic E-state index is 0.476. The highest BCUT2D eigenvalue weighted by Gasteiger charge is 2.09. The average Bonchev–Trinajstić information content (AvgIpc) is 2.48.